The molecule has 11 heteroatoms. The van der Waals surface area contributed by atoms with Gasteiger partial charge in [0.15, 0.2) is 11.6 Å². The molecule has 0 N–H and O–H groups in total. The summed E-state index contributed by atoms with van der Waals surface area (Å²) >= 11 is 0. The standard InChI is InChI=1S/C30H32F3N5O3/c1-3-25(39)37-9-11-38(12-10-37)29-26-24(34-30(35-29)41-17-19-14-18(31)16-36(19)2)15-22(21-7-5-13-40-28(21)26)20-6-4-8-23(32)27(20)33/h3-4,6,8,15,18-19H,1,5,7,9-14,16-17H2,2H3/t18-,19+/m1/s1. The van der Waals surface area contributed by atoms with Crippen molar-refractivity contribution in [2.45, 2.75) is 31.5 Å². The van der Waals surface area contributed by atoms with E-state index in [-0.39, 0.29) is 30.1 Å². The van der Waals surface area contributed by atoms with Crippen LogP contribution in [0.3, 0.4) is 0 Å². The summed E-state index contributed by atoms with van der Waals surface area (Å²) in [5, 5.41) is 0.665. The number of ether oxygens (including phenoxy) is 2. The van der Waals surface area contributed by atoms with Crippen LogP contribution in [0.2, 0.25) is 0 Å². The van der Waals surface area contributed by atoms with Crippen LogP contribution in [0.5, 0.6) is 11.8 Å². The third kappa shape index (κ3) is 5.18. The van der Waals surface area contributed by atoms with Gasteiger partial charge in [0.25, 0.3) is 0 Å². The van der Waals surface area contributed by atoms with E-state index in [4.69, 9.17) is 19.4 Å². The minimum absolute atomic E-state index is 0.106. The molecule has 2 aromatic carbocycles. The third-order valence-electron chi connectivity index (χ3n) is 8.17. The van der Waals surface area contributed by atoms with Gasteiger partial charge in [-0.25, -0.2) is 13.2 Å². The molecule has 6 rings (SSSR count). The number of piperazine rings is 1. The molecular formula is C30H32F3N5O3. The van der Waals surface area contributed by atoms with E-state index < -0.39 is 17.8 Å². The Balaban J connectivity index is 1.46. The van der Waals surface area contributed by atoms with Gasteiger partial charge in [-0.1, -0.05) is 18.7 Å². The quantitative estimate of drug-likeness (QED) is 0.415. The molecule has 1 amide bonds. The average Bonchev–Trinajstić information content (AvgIpc) is 3.32. The highest BCUT2D eigenvalue weighted by atomic mass is 19.2. The van der Waals surface area contributed by atoms with E-state index in [2.05, 4.69) is 11.5 Å². The largest absolute Gasteiger partial charge is 0.492 e. The second-order valence-corrected chi connectivity index (χ2v) is 10.8. The molecule has 8 nitrogen and oxygen atoms in total. The van der Waals surface area contributed by atoms with Crippen LogP contribution in [-0.2, 0) is 11.2 Å². The summed E-state index contributed by atoms with van der Waals surface area (Å²) in [5.41, 5.74) is 1.89. The highest BCUT2D eigenvalue weighted by Crippen LogP contribution is 2.45. The molecule has 1 aromatic heterocycles. The third-order valence-corrected chi connectivity index (χ3v) is 8.17. The molecule has 2 saturated heterocycles. The summed E-state index contributed by atoms with van der Waals surface area (Å²) in [6, 6.07) is 5.85. The molecule has 0 aliphatic carbocycles. The number of benzene rings is 2. The van der Waals surface area contributed by atoms with Crippen molar-refractivity contribution >= 4 is 22.6 Å². The molecule has 216 valence electrons. The van der Waals surface area contributed by atoms with Gasteiger partial charge in [0.2, 0.25) is 5.91 Å². The van der Waals surface area contributed by atoms with Crippen LogP contribution >= 0.6 is 0 Å². The molecule has 41 heavy (non-hydrogen) atoms. The van der Waals surface area contributed by atoms with Gasteiger partial charge in [0.1, 0.15) is 24.3 Å². The Morgan fingerprint density at radius 2 is 2.00 bits per heavy atom. The number of alkyl halides is 1. The lowest BCUT2D eigenvalue weighted by molar-refractivity contribution is -0.126. The number of amides is 1. The predicted octanol–water partition coefficient (Wildman–Crippen LogP) is 4.16. The van der Waals surface area contributed by atoms with Crippen LogP contribution in [0.25, 0.3) is 22.0 Å². The van der Waals surface area contributed by atoms with Gasteiger partial charge in [-0.05, 0) is 50.1 Å². The lowest BCUT2D eigenvalue weighted by Gasteiger charge is -2.36. The van der Waals surface area contributed by atoms with Crippen molar-refractivity contribution in [2.24, 2.45) is 0 Å². The normalized spacial score (nSPS) is 21.1. The van der Waals surface area contributed by atoms with E-state index in [1.165, 1.54) is 12.1 Å². The van der Waals surface area contributed by atoms with E-state index in [1.54, 1.807) is 17.0 Å². The van der Waals surface area contributed by atoms with Crippen LogP contribution in [0.1, 0.15) is 18.4 Å². The number of likely N-dealkylation sites (tertiary alicyclic amines) is 1. The maximum atomic E-state index is 15.0. The van der Waals surface area contributed by atoms with Crippen LogP contribution in [0.15, 0.2) is 36.9 Å². The molecular weight excluding hydrogens is 535 g/mol. The number of anilines is 1. The summed E-state index contributed by atoms with van der Waals surface area (Å²) in [5.74, 6) is -0.856. The minimum Gasteiger partial charge on any atom is -0.492 e. The zero-order chi connectivity index (χ0) is 28.7. The molecule has 3 aromatic rings. The topological polar surface area (TPSA) is 71.0 Å². The van der Waals surface area contributed by atoms with Gasteiger partial charge in [0.05, 0.1) is 17.5 Å². The Hall–Kier alpha value is -3.86. The molecule has 2 fully saturated rings. The van der Waals surface area contributed by atoms with Gasteiger partial charge in [-0.2, -0.15) is 9.97 Å². The molecule has 0 spiro atoms. The summed E-state index contributed by atoms with van der Waals surface area (Å²) in [6.07, 6.45) is 2.10. The second kappa shape index (κ2) is 11.2. The zero-order valence-corrected chi connectivity index (χ0v) is 22.9. The monoisotopic (exact) mass is 567 g/mol. The summed E-state index contributed by atoms with van der Waals surface area (Å²) in [7, 11) is 1.85. The maximum absolute atomic E-state index is 15.0. The lowest BCUT2D eigenvalue weighted by atomic mass is 9.92. The number of fused-ring (bicyclic) bond motifs is 3. The molecule has 0 saturated carbocycles. The van der Waals surface area contributed by atoms with E-state index in [1.807, 2.05) is 11.9 Å². The number of likely N-dealkylation sites (N-methyl/N-ethyl adjacent to an activating group) is 1. The molecule has 4 heterocycles. The first kappa shape index (κ1) is 27.3. The fourth-order valence-corrected chi connectivity index (χ4v) is 5.99. The van der Waals surface area contributed by atoms with E-state index in [0.717, 1.165) is 18.1 Å². The molecule has 3 aliphatic heterocycles. The summed E-state index contributed by atoms with van der Waals surface area (Å²) in [6.45, 7) is 6.58. The molecule has 0 unspecified atom stereocenters. The first-order chi connectivity index (χ1) is 19.8. The van der Waals surface area contributed by atoms with E-state index in [0.29, 0.717) is 80.2 Å². The first-order valence-electron chi connectivity index (χ1n) is 13.9. The van der Waals surface area contributed by atoms with Crippen molar-refractivity contribution in [3.63, 3.8) is 0 Å². The van der Waals surface area contributed by atoms with E-state index >= 15 is 4.39 Å². The Labute approximate surface area is 236 Å². The maximum Gasteiger partial charge on any atom is 0.319 e. The number of halogens is 3. The number of nitrogens with zero attached hydrogens (tertiary/aromatic N) is 5. The molecule has 0 radical (unpaired) electrons. The minimum atomic E-state index is -0.932. The number of rotatable bonds is 6. The fourth-order valence-electron chi connectivity index (χ4n) is 5.99. The average molecular weight is 568 g/mol. The SMILES string of the molecule is C=CC(=O)N1CCN(c2nc(OC[C@@H]3C[C@@H](F)CN3C)nc3cc(-c4cccc(F)c4F)c4c(c23)OCCC4)CC1. The highest BCUT2D eigenvalue weighted by Gasteiger charge is 2.32. The molecule has 2 atom stereocenters. The van der Waals surface area contributed by atoms with Crippen molar-refractivity contribution in [1.82, 2.24) is 19.8 Å². The van der Waals surface area contributed by atoms with Crippen molar-refractivity contribution in [1.29, 1.82) is 0 Å². The first-order valence-corrected chi connectivity index (χ1v) is 13.9. The van der Waals surface area contributed by atoms with Crippen molar-refractivity contribution in [3.05, 3.63) is 54.1 Å². The Morgan fingerprint density at radius 3 is 2.73 bits per heavy atom. The Bertz CT molecular complexity index is 1490. The van der Waals surface area contributed by atoms with Gasteiger partial charge in [0, 0.05) is 49.9 Å². The summed E-state index contributed by atoms with van der Waals surface area (Å²) in [4.78, 5) is 27.4. The molecule has 3 aliphatic rings. The highest BCUT2D eigenvalue weighted by molar-refractivity contribution is 6.00. The zero-order valence-electron chi connectivity index (χ0n) is 22.9. The molecule has 0 bridgehead atoms. The van der Waals surface area contributed by atoms with Crippen molar-refractivity contribution in [3.8, 4) is 22.9 Å². The number of carbonyl (C=O) groups is 1. The van der Waals surface area contributed by atoms with Crippen LogP contribution in [0, 0.1) is 11.6 Å². The number of hydrogen-bond donors (Lipinski definition) is 0. The Morgan fingerprint density at radius 1 is 1.20 bits per heavy atom. The predicted molar refractivity (Wildman–Crippen MR) is 149 cm³/mol. The van der Waals surface area contributed by atoms with Crippen LogP contribution in [-0.4, -0.2) is 90.9 Å². The van der Waals surface area contributed by atoms with Gasteiger partial charge < -0.3 is 19.3 Å². The smallest absolute Gasteiger partial charge is 0.319 e. The fraction of sp³-hybridized carbons (Fsp3) is 0.433. The van der Waals surface area contributed by atoms with Crippen molar-refractivity contribution in [2.75, 3.05) is 57.9 Å². The van der Waals surface area contributed by atoms with Crippen LogP contribution < -0.4 is 14.4 Å². The lowest BCUT2D eigenvalue weighted by Crippen LogP contribution is -2.48. The second-order valence-electron chi connectivity index (χ2n) is 10.8. The number of hydrogen-bond acceptors (Lipinski definition) is 7. The Kier molecular flexibility index (Phi) is 7.46. The van der Waals surface area contributed by atoms with Gasteiger partial charge >= 0.3 is 6.01 Å². The summed E-state index contributed by atoms with van der Waals surface area (Å²) < 4.78 is 55.5. The van der Waals surface area contributed by atoms with Gasteiger partial charge in [-0.15, -0.1) is 0 Å². The number of carbonyl (C=O) groups excluding carboxylic acids is 1. The number of aromatic nitrogens is 2. The van der Waals surface area contributed by atoms with Crippen molar-refractivity contribution < 1.29 is 27.4 Å². The van der Waals surface area contributed by atoms with Gasteiger partial charge in [-0.3, -0.25) is 9.69 Å². The van der Waals surface area contributed by atoms with Crippen LogP contribution in [0.4, 0.5) is 19.0 Å². The van der Waals surface area contributed by atoms with E-state index in [9.17, 15) is 13.6 Å².